The summed E-state index contributed by atoms with van der Waals surface area (Å²) in [5, 5.41) is 0. The molecule has 0 rings (SSSR count). The Morgan fingerprint density at radius 1 is 0.773 bits per heavy atom. The van der Waals surface area contributed by atoms with Crippen molar-refractivity contribution in [1.82, 2.24) is 0 Å². The first-order valence-electron chi connectivity index (χ1n) is 8.56. The van der Waals surface area contributed by atoms with Gasteiger partial charge >= 0.3 is 13.6 Å². The second-order valence-corrected chi connectivity index (χ2v) is 6.94. The van der Waals surface area contributed by atoms with Crippen LogP contribution in [0.3, 0.4) is 0 Å². The Kier molecular flexibility index (Phi) is 14.5. The molecule has 0 radical (unpaired) electrons. The maximum Gasteiger partial charge on any atom is 0.575 e. The summed E-state index contributed by atoms with van der Waals surface area (Å²) in [5.41, 5.74) is -1.16. The Bertz CT molecular complexity index is 263. The molecule has 0 aliphatic carbocycles. The van der Waals surface area contributed by atoms with Crippen LogP contribution in [-0.2, 0) is 23.3 Å². The Morgan fingerprint density at radius 3 is 1.77 bits per heavy atom. The minimum atomic E-state index is -2.06. The molecule has 22 heavy (non-hydrogen) atoms. The van der Waals surface area contributed by atoms with Gasteiger partial charge in [-0.25, -0.2) is 0 Å². The quantitative estimate of drug-likeness (QED) is 0.228. The van der Waals surface area contributed by atoms with Gasteiger partial charge in [0.25, 0.3) is 0 Å². The standard InChI is InChI=1S/C16H34O5P/c1-5-8-11-18-14-15-21-22(17)16(4,19-12-9-6-2)20-13-10-7-3/h5-15H2,1-4H3/q+1. The topological polar surface area (TPSA) is 54.0 Å². The summed E-state index contributed by atoms with van der Waals surface area (Å²) in [5.74, 6) is 0. The van der Waals surface area contributed by atoms with Crippen LogP contribution in [0.25, 0.3) is 0 Å². The Hall–Kier alpha value is -0.0600. The van der Waals surface area contributed by atoms with Crippen LogP contribution in [0.4, 0.5) is 0 Å². The van der Waals surface area contributed by atoms with Crippen molar-refractivity contribution >= 4 is 8.03 Å². The zero-order chi connectivity index (χ0) is 16.7. The maximum atomic E-state index is 12.4. The van der Waals surface area contributed by atoms with Gasteiger partial charge in [0.15, 0.2) is 0 Å². The fourth-order valence-corrected chi connectivity index (χ4v) is 2.47. The fourth-order valence-electron chi connectivity index (χ4n) is 1.60. The predicted octanol–water partition coefficient (Wildman–Crippen LogP) is 4.87. The third kappa shape index (κ3) is 10.6. The largest absolute Gasteiger partial charge is 0.575 e. The molecule has 0 amide bonds. The average molecular weight is 337 g/mol. The molecular weight excluding hydrogens is 303 g/mol. The molecule has 132 valence electrons. The van der Waals surface area contributed by atoms with Crippen molar-refractivity contribution in [1.29, 1.82) is 0 Å². The lowest BCUT2D eigenvalue weighted by molar-refractivity contribution is -0.171. The van der Waals surface area contributed by atoms with E-state index in [1.54, 1.807) is 6.92 Å². The number of ether oxygens (including phenoxy) is 3. The SMILES string of the molecule is CCCCOCCO[P+](=O)C(C)(OCCCC)OCCCC. The molecule has 0 saturated carbocycles. The molecule has 0 aromatic carbocycles. The molecule has 0 heterocycles. The van der Waals surface area contributed by atoms with E-state index in [1.165, 1.54) is 0 Å². The number of hydrogen-bond donors (Lipinski definition) is 0. The van der Waals surface area contributed by atoms with Crippen molar-refractivity contribution in [2.24, 2.45) is 0 Å². The van der Waals surface area contributed by atoms with Crippen molar-refractivity contribution in [3.63, 3.8) is 0 Å². The fraction of sp³-hybridized carbons (Fsp3) is 1.00. The van der Waals surface area contributed by atoms with Gasteiger partial charge in [0, 0.05) is 13.5 Å². The summed E-state index contributed by atoms with van der Waals surface area (Å²) in [6, 6.07) is 0. The van der Waals surface area contributed by atoms with E-state index < -0.39 is 13.6 Å². The first-order valence-corrected chi connectivity index (χ1v) is 9.74. The lowest BCUT2D eigenvalue weighted by Crippen LogP contribution is -2.30. The van der Waals surface area contributed by atoms with E-state index >= 15 is 0 Å². The molecule has 6 heteroatoms. The summed E-state index contributed by atoms with van der Waals surface area (Å²) in [4.78, 5) is 0. The molecule has 1 atom stereocenters. The second-order valence-electron chi connectivity index (χ2n) is 5.36. The lowest BCUT2D eigenvalue weighted by atomic mass is 10.3. The van der Waals surface area contributed by atoms with Gasteiger partial charge in [0.1, 0.15) is 6.61 Å². The Labute approximate surface area is 136 Å². The summed E-state index contributed by atoms with van der Waals surface area (Å²) in [6.07, 6.45) is 6.00. The van der Waals surface area contributed by atoms with Gasteiger partial charge < -0.3 is 14.2 Å². The summed E-state index contributed by atoms with van der Waals surface area (Å²) >= 11 is 0. The number of unbranched alkanes of at least 4 members (excludes halogenated alkanes) is 3. The highest BCUT2D eigenvalue weighted by Crippen LogP contribution is 2.42. The van der Waals surface area contributed by atoms with Gasteiger partial charge in [-0.3, -0.25) is 0 Å². The van der Waals surface area contributed by atoms with Crippen LogP contribution in [0, 0.1) is 0 Å². The van der Waals surface area contributed by atoms with Gasteiger partial charge in [-0.05, 0) is 23.8 Å². The smallest absolute Gasteiger partial charge is 0.379 e. The highest BCUT2D eigenvalue weighted by Gasteiger charge is 2.50. The molecule has 5 nitrogen and oxygen atoms in total. The van der Waals surface area contributed by atoms with Crippen LogP contribution in [0.1, 0.15) is 66.2 Å². The molecule has 0 aliphatic heterocycles. The zero-order valence-corrected chi connectivity index (χ0v) is 15.7. The molecule has 0 N–H and O–H groups in total. The number of rotatable bonds is 16. The molecule has 0 fully saturated rings. The average Bonchev–Trinajstić information content (AvgIpc) is 2.51. The molecule has 1 unspecified atom stereocenters. The predicted molar refractivity (Wildman–Crippen MR) is 89.4 cm³/mol. The second kappa shape index (κ2) is 14.5. The van der Waals surface area contributed by atoms with E-state index in [9.17, 15) is 4.57 Å². The van der Waals surface area contributed by atoms with Crippen LogP contribution in [0.15, 0.2) is 0 Å². The van der Waals surface area contributed by atoms with Gasteiger partial charge in [-0.15, -0.1) is 4.52 Å². The number of hydrogen-bond acceptors (Lipinski definition) is 5. The van der Waals surface area contributed by atoms with Crippen LogP contribution in [0.2, 0.25) is 0 Å². The van der Waals surface area contributed by atoms with Gasteiger partial charge in [0.2, 0.25) is 0 Å². The third-order valence-corrected chi connectivity index (χ3v) is 4.48. The monoisotopic (exact) mass is 337 g/mol. The van der Waals surface area contributed by atoms with Crippen LogP contribution in [0.5, 0.6) is 0 Å². The van der Waals surface area contributed by atoms with Crippen molar-refractivity contribution in [2.45, 2.75) is 71.7 Å². The van der Waals surface area contributed by atoms with Crippen molar-refractivity contribution in [3.8, 4) is 0 Å². The normalized spacial score (nSPS) is 12.6. The van der Waals surface area contributed by atoms with Gasteiger partial charge in [-0.1, -0.05) is 40.0 Å². The van der Waals surface area contributed by atoms with E-state index in [4.69, 9.17) is 18.7 Å². The molecule has 0 saturated heterocycles. The minimum Gasteiger partial charge on any atom is -0.379 e. The molecule has 0 aromatic heterocycles. The first kappa shape index (κ1) is 21.9. The molecule has 0 spiro atoms. The zero-order valence-electron chi connectivity index (χ0n) is 14.8. The maximum absolute atomic E-state index is 12.4. The highest BCUT2D eigenvalue weighted by molar-refractivity contribution is 7.40. The van der Waals surface area contributed by atoms with Crippen molar-refractivity contribution < 1.29 is 23.3 Å². The van der Waals surface area contributed by atoms with Crippen molar-refractivity contribution in [2.75, 3.05) is 33.0 Å². The molecular formula is C16H34O5P+. The summed E-state index contributed by atoms with van der Waals surface area (Å²) in [6.45, 7) is 10.5. The summed E-state index contributed by atoms with van der Waals surface area (Å²) < 4.78 is 34.5. The van der Waals surface area contributed by atoms with Crippen LogP contribution >= 0.6 is 8.03 Å². The lowest BCUT2D eigenvalue weighted by Gasteiger charge is -2.19. The Morgan fingerprint density at radius 2 is 1.27 bits per heavy atom. The van der Waals surface area contributed by atoms with E-state index in [0.717, 1.165) is 38.5 Å². The van der Waals surface area contributed by atoms with Gasteiger partial charge in [-0.2, -0.15) is 0 Å². The van der Waals surface area contributed by atoms with E-state index in [0.29, 0.717) is 33.0 Å². The molecule has 0 aliphatic rings. The van der Waals surface area contributed by atoms with E-state index in [1.807, 2.05) is 0 Å². The first-order chi connectivity index (χ1) is 10.6. The molecule has 0 aromatic rings. The highest BCUT2D eigenvalue weighted by atomic mass is 31.1. The summed E-state index contributed by atoms with van der Waals surface area (Å²) in [7, 11) is -2.06. The van der Waals surface area contributed by atoms with Crippen LogP contribution in [-0.4, -0.2) is 38.6 Å². The molecule has 0 bridgehead atoms. The van der Waals surface area contributed by atoms with E-state index in [2.05, 4.69) is 20.8 Å². The van der Waals surface area contributed by atoms with E-state index in [-0.39, 0.29) is 0 Å². The Balaban J connectivity index is 4.17. The minimum absolute atomic E-state index is 0.294. The van der Waals surface area contributed by atoms with Gasteiger partial charge in [0.05, 0.1) is 19.8 Å². The van der Waals surface area contributed by atoms with Crippen molar-refractivity contribution in [3.05, 3.63) is 0 Å². The van der Waals surface area contributed by atoms with Crippen LogP contribution < -0.4 is 0 Å². The third-order valence-electron chi connectivity index (χ3n) is 3.15.